The molecule has 188 valence electrons. The van der Waals surface area contributed by atoms with Gasteiger partial charge in [0.25, 0.3) is 5.56 Å². The van der Waals surface area contributed by atoms with Gasteiger partial charge in [-0.05, 0) is 36.6 Å². The Morgan fingerprint density at radius 2 is 1.92 bits per heavy atom. The Balaban J connectivity index is 1.31. The maximum atomic E-state index is 14.3. The fraction of sp³-hybridized carbons (Fsp3) is 0.407. The zero-order chi connectivity index (χ0) is 25.1. The van der Waals surface area contributed by atoms with E-state index in [1.165, 1.54) is 29.3 Å². The number of rotatable bonds is 5. The Morgan fingerprint density at radius 1 is 1.14 bits per heavy atom. The van der Waals surface area contributed by atoms with E-state index in [9.17, 15) is 14.0 Å². The summed E-state index contributed by atoms with van der Waals surface area (Å²) < 4.78 is 21.8. The molecule has 1 amide bonds. The average Bonchev–Trinajstić information content (AvgIpc) is 2.91. The van der Waals surface area contributed by atoms with Crippen LogP contribution in [0.4, 0.5) is 16.0 Å². The lowest BCUT2D eigenvalue weighted by Gasteiger charge is -2.34. The summed E-state index contributed by atoms with van der Waals surface area (Å²) in [5, 5.41) is 3.04. The Hall–Kier alpha value is -3.59. The van der Waals surface area contributed by atoms with E-state index in [2.05, 4.69) is 15.3 Å². The molecule has 2 aliphatic rings. The van der Waals surface area contributed by atoms with Crippen molar-refractivity contribution >= 4 is 17.5 Å². The zero-order valence-corrected chi connectivity index (χ0v) is 20.3. The van der Waals surface area contributed by atoms with E-state index < -0.39 is 5.82 Å². The molecule has 1 aromatic carbocycles. The lowest BCUT2D eigenvalue weighted by Crippen LogP contribution is -2.41. The molecule has 1 atom stereocenters. The Labute approximate surface area is 209 Å². The van der Waals surface area contributed by atoms with Crippen LogP contribution in [0.1, 0.15) is 43.8 Å². The van der Waals surface area contributed by atoms with Crippen molar-refractivity contribution in [1.82, 2.24) is 14.5 Å². The van der Waals surface area contributed by atoms with Gasteiger partial charge in [0, 0.05) is 43.0 Å². The second kappa shape index (κ2) is 10.6. The first kappa shape index (κ1) is 24.1. The zero-order valence-electron chi connectivity index (χ0n) is 20.3. The largest absolute Gasteiger partial charge is 0.370 e. The summed E-state index contributed by atoms with van der Waals surface area (Å²) >= 11 is 0. The average molecular weight is 492 g/mol. The van der Waals surface area contributed by atoms with Crippen LogP contribution in [-0.4, -0.2) is 40.1 Å². The summed E-state index contributed by atoms with van der Waals surface area (Å²) in [6.07, 6.45) is 7.72. The van der Waals surface area contributed by atoms with Crippen molar-refractivity contribution in [2.45, 2.75) is 38.2 Å². The number of amides is 1. The monoisotopic (exact) mass is 491 g/mol. The highest BCUT2D eigenvalue weighted by molar-refractivity contribution is 5.92. The lowest BCUT2D eigenvalue weighted by molar-refractivity contribution is -0.120. The molecular formula is C27H30FN5O3. The van der Waals surface area contributed by atoms with Crippen LogP contribution in [0.3, 0.4) is 0 Å². The molecule has 1 aliphatic heterocycles. The van der Waals surface area contributed by atoms with Gasteiger partial charge in [-0.2, -0.15) is 0 Å². The Bertz CT molecular complexity index is 1290. The van der Waals surface area contributed by atoms with Gasteiger partial charge < -0.3 is 15.0 Å². The minimum atomic E-state index is -0.528. The van der Waals surface area contributed by atoms with Gasteiger partial charge in [0.2, 0.25) is 11.9 Å². The number of pyridine rings is 1. The predicted molar refractivity (Wildman–Crippen MR) is 135 cm³/mol. The van der Waals surface area contributed by atoms with Gasteiger partial charge in [-0.1, -0.05) is 31.4 Å². The second-order valence-electron chi connectivity index (χ2n) is 9.45. The van der Waals surface area contributed by atoms with Crippen LogP contribution in [0.2, 0.25) is 0 Å². The highest BCUT2D eigenvalue weighted by Crippen LogP contribution is 2.28. The topological polar surface area (TPSA) is 89.3 Å². The van der Waals surface area contributed by atoms with Crippen LogP contribution in [0, 0.1) is 11.7 Å². The molecule has 1 saturated heterocycles. The summed E-state index contributed by atoms with van der Waals surface area (Å²) in [5.41, 5.74) is 1.98. The van der Waals surface area contributed by atoms with Crippen molar-refractivity contribution in [3.05, 3.63) is 70.5 Å². The smallest absolute Gasteiger partial charge is 0.255 e. The summed E-state index contributed by atoms with van der Waals surface area (Å²) in [7, 11) is 1.66. The summed E-state index contributed by atoms with van der Waals surface area (Å²) in [4.78, 5) is 35.6. The molecule has 1 unspecified atom stereocenters. The molecule has 2 fully saturated rings. The normalized spacial score (nSPS) is 18.7. The van der Waals surface area contributed by atoms with E-state index in [4.69, 9.17) is 4.74 Å². The first-order chi connectivity index (χ1) is 17.5. The third kappa shape index (κ3) is 5.16. The number of halogens is 1. The maximum Gasteiger partial charge on any atom is 0.255 e. The van der Waals surface area contributed by atoms with Crippen molar-refractivity contribution in [3.8, 4) is 11.3 Å². The number of nitrogens with zero attached hydrogens (tertiary/aromatic N) is 4. The number of ether oxygens (including phenoxy) is 1. The maximum absolute atomic E-state index is 14.3. The van der Waals surface area contributed by atoms with Gasteiger partial charge in [0.1, 0.15) is 6.10 Å². The van der Waals surface area contributed by atoms with E-state index in [-0.39, 0.29) is 34.7 Å². The van der Waals surface area contributed by atoms with Gasteiger partial charge in [0.05, 0.1) is 25.0 Å². The molecule has 2 aromatic heterocycles. The summed E-state index contributed by atoms with van der Waals surface area (Å²) in [6, 6.07) is 10.6. The summed E-state index contributed by atoms with van der Waals surface area (Å²) in [6.45, 7) is 1.49. The number of benzene rings is 1. The molecule has 0 spiro atoms. The Kier molecular flexibility index (Phi) is 7.09. The quantitative estimate of drug-likeness (QED) is 0.579. The molecule has 5 rings (SSSR count). The molecule has 1 aliphatic carbocycles. The summed E-state index contributed by atoms with van der Waals surface area (Å²) in [5.74, 6) is 0.127. The fourth-order valence-corrected chi connectivity index (χ4v) is 4.95. The highest BCUT2D eigenvalue weighted by atomic mass is 19.1. The number of aromatic nitrogens is 3. The molecule has 0 bridgehead atoms. The van der Waals surface area contributed by atoms with Crippen molar-refractivity contribution < 1.29 is 13.9 Å². The van der Waals surface area contributed by atoms with Gasteiger partial charge >= 0.3 is 0 Å². The fourth-order valence-electron chi connectivity index (χ4n) is 4.95. The van der Waals surface area contributed by atoms with Gasteiger partial charge in [0.15, 0.2) is 5.82 Å². The third-order valence-electron chi connectivity index (χ3n) is 7.03. The molecule has 1 saturated carbocycles. The number of morpholine rings is 1. The minimum Gasteiger partial charge on any atom is -0.370 e. The van der Waals surface area contributed by atoms with E-state index >= 15 is 0 Å². The van der Waals surface area contributed by atoms with Crippen LogP contribution >= 0.6 is 0 Å². The molecule has 0 radical (unpaired) electrons. The number of anilines is 2. The van der Waals surface area contributed by atoms with E-state index in [0.29, 0.717) is 25.6 Å². The number of hydrogen-bond acceptors (Lipinski definition) is 6. The van der Waals surface area contributed by atoms with Crippen LogP contribution in [-0.2, 0) is 16.6 Å². The first-order valence-electron chi connectivity index (χ1n) is 12.4. The van der Waals surface area contributed by atoms with E-state index in [1.807, 2.05) is 29.2 Å². The molecule has 9 heteroatoms. The van der Waals surface area contributed by atoms with Gasteiger partial charge in [-0.15, -0.1) is 0 Å². The molecule has 3 heterocycles. The number of hydrogen-bond donors (Lipinski definition) is 1. The SMILES string of the molecule is Cn1c(N2CCOC(c3ccc(NC(=O)C4CCCCC4)cc3)C2)nc(-c2ccncc2F)cc1=O. The first-order valence-corrected chi connectivity index (χ1v) is 12.4. The van der Waals surface area contributed by atoms with Crippen LogP contribution < -0.4 is 15.8 Å². The van der Waals surface area contributed by atoms with Gasteiger partial charge in [-0.25, -0.2) is 9.37 Å². The highest BCUT2D eigenvalue weighted by Gasteiger charge is 2.26. The molecule has 36 heavy (non-hydrogen) atoms. The van der Waals surface area contributed by atoms with E-state index in [0.717, 1.165) is 43.1 Å². The van der Waals surface area contributed by atoms with Gasteiger partial charge in [-0.3, -0.25) is 19.1 Å². The van der Waals surface area contributed by atoms with Crippen molar-refractivity contribution in [2.75, 3.05) is 29.9 Å². The number of carbonyl (C=O) groups is 1. The van der Waals surface area contributed by atoms with Crippen LogP contribution in [0.5, 0.6) is 0 Å². The standard InChI is InChI=1S/C27H30FN5O3/c1-32-25(34)15-23(21-11-12-29-16-22(21)28)31-27(32)33-13-14-36-24(17-33)18-7-9-20(10-8-18)30-26(35)19-5-3-2-4-6-19/h7-12,15-16,19,24H,2-6,13-14,17H2,1H3,(H,30,35). The Morgan fingerprint density at radius 3 is 2.67 bits per heavy atom. The third-order valence-corrected chi connectivity index (χ3v) is 7.03. The molecule has 3 aromatic rings. The van der Waals surface area contributed by atoms with Crippen molar-refractivity contribution in [1.29, 1.82) is 0 Å². The number of carbonyl (C=O) groups excluding carboxylic acids is 1. The van der Waals surface area contributed by atoms with Crippen LogP contribution in [0.15, 0.2) is 53.6 Å². The number of nitrogens with one attached hydrogen (secondary N) is 1. The predicted octanol–water partition coefficient (Wildman–Crippen LogP) is 4.08. The van der Waals surface area contributed by atoms with Crippen molar-refractivity contribution in [3.63, 3.8) is 0 Å². The molecule has 8 nitrogen and oxygen atoms in total. The lowest BCUT2D eigenvalue weighted by atomic mass is 9.88. The minimum absolute atomic E-state index is 0.0973. The van der Waals surface area contributed by atoms with E-state index in [1.54, 1.807) is 7.05 Å². The molecule has 1 N–H and O–H groups in total. The second-order valence-corrected chi connectivity index (χ2v) is 9.45. The van der Waals surface area contributed by atoms with Crippen molar-refractivity contribution in [2.24, 2.45) is 13.0 Å². The molecular weight excluding hydrogens is 461 g/mol. The van der Waals surface area contributed by atoms with Crippen LogP contribution in [0.25, 0.3) is 11.3 Å².